The van der Waals surface area contributed by atoms with Gasteiger partial charge in [-0.05, 0) is 39.2 Å². The number of carbonyl (C=O) groups excluding carboxylic acids is 1. The van der Waals surface area contributed by atoms with Crippen molar-refractivity contribution < 1.29 is 9.90 Å². The number of nitrogens with one attached hydrogen (secondary N) is 1. The number of likely N-dealkylation sites (N-methyl/N-ethyl adjacent to an activating group) is 1. The summed E-state index contributed by atoms with van der Waals surface area (Å²) in [5.41, 5.74) is 0. The van der Waals surface area contributed by atoms with Crippen LogP contribution in [0.5, 0.6) is 0 Å². The summed E-state index contributed by atoms with van der Waals surface area (Å²) in [5.74, 6) is 0.212. The van der Waals surface area contributed by atoms with Crippen molar-refractivity contribution in [3.63, 3.8) is 0 Å². The second-order valence-corrected chi connectivity index (χ2v) is 4.02. The van der Waals surface area contributed by atoms with Crippen molar-refractivity contribution in [1.29, 1.82) is 0 Å². The standard InChI is InChI=1S/C11H22N2O2/c1-2-13(10-5-6-10)11(15)9-12-7-3-4-8-14/h10,12,14H,2-9H2,1H3. The quantitative estimate of drug-likeness (QED) is 0.574. The van der Waals surface area contributed by atoms with E-state index in [2.05, 4.69) is 5.32 Å². The van der Waals surface area contributed by atoms with E-state index in [0.717, 1.165) is 25.9 Å². The first-order valence-electron chi connectivity index (χ1n) is 5.90. The predicted molar refractivity (Wildman–Crippen MR) is 59.6 cm³/mol. The first kappa shape index (κ1) is 12.5. The van der Waals surface area contributed by atoms with Crippen LogP contribution >= 0.6 is 0 Å². The Morgan fingerprint density at radius 3 is 2.73 bits per heavy atom. The minimum absolute atomic E-state index is 0.212. The highest BCUT2D eigenvalue weighted by Crippen LogP contribution is 2.26. The van der Waals surface area contributed by atoms with Gasteiger partial charge in [-0.2, -0.15) is 0 Å². The number of aliphatic hydroxyl groups excluding tert-OH is 1. The zero-order valence-electron chi connectivity index (χ0n) is 9.54. The van der Waals surface area contributed by atoms with Crippen LogP contribution in [-0.2, 0) is 4.79 Å². The number of nitrogens with zero attached hydrogens (tertiary/aromatic N) is 1. The van der Waals surface area contributed by atoms with E-state index in [-0.39, 0.29) is 12.5 Å². The van der Waals surface area contributed by atoms with E-state index in [1.165, 1.54) is 12.8 Å². The molecule has 0 aromatic rings. The van der Waals surface area contributed by atoms with Crippen LogP contribution in [-0.4, -0.2) is 48.2 Å². The Labute approximate surface area is 91.6 Å². The summed E-state index contributed by atoms with van der Waals surface area (Å²) in [6, 6.07) is 0.516. The fraction of sp³-hybridized carbons (Fsp3) is 0.909. The average molecular weight is 214 g/mol. The molecular formula is C11H22N2O2. The third-order valence-electron chi connectivity index (χ3n) is 2.69. The summed E-state index contributed by atoms with van der Waals surface area (Å²) in [6.45, 7) is 4.34. The Morgan fingerprint density at radius 2 is 2.20 bits per heavy atom. The van der Waals surface area contributed by atoms with Gasteiger partial charge < -0.3 is 15.3 Å². The number of carbonyl (C=O) groups is 1. The normalized spacial score (nSPS) is 15.3. The molecule has 1 rings (SSSR count). The van der Waals surface area contributed by atoms with Crippen LogP contribution in [0.2, 0.25) is 0 Å². The average Bonchev–Trinajstić information content (AvgIpc) is 3.03. The van der Waals surface area contributed by atoms with Crippen molar-refractivity contribution in [2.24, 2.45) is 0 Å². The topological polar surface area (TPSA) is 52.6 Å². The molecule has 0 bridgehead atoms. The van der Waals surface area contributed by atoms with Crippen molar-refractivity contribution in [3.05, 3.63) is 0 Å². The maximum absolute atomic E-state index is 11.7. The zero-order valence-corrected chi connectivity index (χ0v) is 9.54. The van der Waals surface area contributed by atoms with Crippen molar-refractivity contribution in [2.45, 2.75) is 38.6 Å². The van der Waals surface area contributed by atoms with Crippen molar-refractivity contribution in [3.8, 4) is 0 Å². The number of aliphatic hydroxyl groups is 1. The maximum atomic E-state index is 11.7. The smallest absolute Gasteiger partial charge is 0.236 e. The predicted octanol–water partition coefficient (Wildman–Crippen LogP) is 0.359. The van der Waals surface area contributed by atoms with Crippen molar-refractivity contribution in [1.82, 2.24) is 10.2 Å². The van der Waals surface area contributed by atoms with Gasteiger partial charge in [0.1, 0.15) is 0 Å². The molecule has 1 fully saturated rings. The van der Waals surface area contributed by atoms with Gasteiger partial charge >= 0.3 is 0 Å². The summed E-state index contributed by atoms with van der Waals surface area (Å²) in [6.07, 6.45) is 4.08. The van der Waals surface area contributed by atoms with Crippen LogP contribution in [0.25, 0.3) is 0 Å². The molecule has 1 aliphatic carbocycles. The summed E-state index contributed by atoms with van der Waals surface area (Å²) < 4.78 is 0. The molecule has 0 saturated heterocycles. The molecule has 4 heteroatoms. The Kier molecular flexibility index (Phi) is 5.65. The van der Waals surface area contributed by atoms with E-state index in [0.29, 0.717) is 12.6 Å². The molecule has 88 valence electrons. The minimum Gasteiger partial charge on any atom is -0.396 e. The first-order chi connectivity index (χ1) is 7.29. The third kappa shape index (κ3) is 4.62. The molecule has 0 radical (unpaired) electrons. The van der Waals surface area contributed by atoms with E-state index in [1.807, 2.05) is 11.8 Å². The molecule has 2 N–H and O–H groups in total. The van der Waals surface area contributed by atoms with Gasteiger partial charge in [-0.1, -0.05) is 0 Å². The molecule has 0 atom stereocenters. The summed E-state index contributed by atoms with van der Waals surface area (Å²) in [4.78, 5) is 13.7. The minimum atomic E-state index is 0.212. The number of hydrogen-bond donors (Lipinski definition) is 2. The van der Waals surface area contributed by atoms with E-state index in [1.54, 1.807) is 0 Å². The monoisotopic (exact) mass is 214 g/mol. The lowest BCUT2D eigenvalue weighted by molar-refractivity contribution is -0.130. The second kappa shape index (κ2) is 6.80. The van der Waals surface area contributed by atoms with Crippen LogP contribution in [0.15, 0.2) is 0 Å². The molecule has 1 amide bonds. The Hall–Kier alpha value is -0.610. The van der Waals surface area contributed by atoms with Gasteiger partial charge in [0.2, 0.25) is 5.91 Å². The van der Waals surface area contributed by atoms with E-state index in [4.69, 9.17) is 5.11 Å². The van der Waals surface area contributed by atoms with Gasteiger partial charge in [-0.15, -0.1) is 0 Å². The van der Waals surface area contributed by atoms with Gasteiger partial charge in [-0.25, -0.2) is 0 Å². The Bertz CT molecular complexity index is 193. The first-order valence-corrected chi connectivity index (χ1v) is 5.90. The van der Waals surface area contributed by atoms with Crippen LogP contribution < -0.4 is 5.32 Å². The Balaban J connectivity index is 2.06. The van der Waals surface area contributed by atoms with Crippen LogP contribution in [0, 0.1) is 0 Å². The molecule has 1 saturated carbocycles. The lowest BCUT2D eigenvalue weighted by atomic mass is 10.3. The van der Waals surface area contributed by atoms with E-state index >= 15 is 0 Å². The van der Waals surface area contributed by atoms with E-state index in [9.17, 15) is 4.79 Å². The molecule has 0 aliphatic heterocycles. The largest absolute Gasteiger partial charge is 0.396 e. The second-order valence-electron chi connectivity index (χ2n) is 4.02. The number of amides is 1. The fourth-order valence-electron chi connectivity index (χ4n) is 1.68. The highest BCUT2D eigenvalue weighted by molar-refractivity contribution is 5.78. The highest BCUT2D eigenvalue weighted by atomic mass is 16.2. The fourth-order valence-corrected chi connectivity index (χ4v) is 1.68. The summed E-state index contributed by atoms with van der Waals surface area (Å²) in [5, 5.41) is 11.7. The molecule has 0 aromatic carbocycles. The molecule has 1 aliphatic rings. The molecule has 0 spiro atoms. The van der Waals surface area contributed by atoms with Crippen molar-refractivity contribution >= 4 is 5.91 Å². The SMILES string of the molecule is CCN(C(=O)CNCCCCO)C1CC1. The molecule has 0 unspecified atom stereocenters. The van der Waals surface area contributed by atoms with Crippen LogP contribution in [0.1, 0.15) is 32.6 Å². The number of unbranched alkanes of at least 4 members (excludes halogenated alkanes) is 1. The molecule has 4 nitrogen and oxygen atoms in total. The van der Waals surface area contributed by atoms with Gasteiger partial charge in [-0.3, -0.25) is 4.79 Å². The van der Waals surface area contributed by atoms with Gasteiger partial charge in [0.25, 0.3) is 0 Å². The lowest BCUT2D eigenvalue weighted by Crippen LogP contribution is -2.39. The van der Waals surface area contributed by atoms with Crippen LogP contribution in [0.4, 0.5) is 0 Å². The molecule has 0 heterocycles. The highest BCUT2D eigenvalue weighted by Gasteiger charge is 2.30. The van der Waals surface area contributed by atoms with Gasteiger partial charge in [0.15, 0.2) is 0 Å². The molecule has 0 aromatic heterocycles. The Morgan fingerprint density at radius 1 is 1.47 bits per heavy atom. The molecule has 15 heavy (non-hydrogen) atoms. The third-order valence-corrected chi connectivity index (χ3v) is 2.69. The maximum Gasteiger partial charge on any atom is 0.236 e. The number of hydrogen-bond acceptors (Lipinski definition) is 3. The van der Waals surface area contributed by atoms with Crippen molar-refractivity contribution in [2.75, 3.05) is 26.2 Å². The number of rotatable bonds is 8. The van der Waals surface area contributed by atoms with Crippen LogP contribution in [0.3, 0.4) is 0 Å². The lowest BCUT2D eigenvalue weighted by Gasteiger charge is -2.20. The summed E-state index contributed by atoms with van der Waals surface area (Å²) in [7, 11) is 0. The van der Waals surface area contributed by atoms with Gasteiger partial charge in [0, 0.05) is 19.2 Å². The van der Waals surface area contributed by atoms with E-state index < -0.39 is 0 Å². The summed E-state index contributed by atoms with van der Waals surface area (Å²) >= 11 is 0. The van der Waals surface area contributed by atoms with Gasteiger partial charge in [0.05, 0.1) is 6.54 Å². The zero-order chi connectivity index (χ0) is 11.1. The molecular weight excluding hydrogens is 192 g/mol.